The van der Waals surface area contributed by atoms with Crippen molar-refractivity contribution >= 4 is 5.69 Å². The molecule has 0 N–H and O–H groups in total. The highest BCUT2D eigenvalue weighted by molar-refractivity contribution is 5.46. The highest BCUT2D eigenvalue weighted by Crippen LogP contribution is 2.23. The van der Waals surface area contributed by atoms with E-state index >= 15 is 0 Å². The van der Waals surface area contributed by atoms with Gasteiger partial charge in [-0.25, -0.2) is 4.39 Å². The summed E-state index contributed by atoms with van der Waals surface area (Å²) in [6, 6.07) is 6.84. The van der Waals surface area contributed by atoms with Crippen LogP contribution in [-0.2, 0) is 6.42 Å². The third-order valence-electron chi connectivity index (χ3n) is 4.65. The van der Waals surface area contributed by atoms with Crippen molar-refractivity contribution < 1.29 is 8.91 Å². The largest absolute Gasteiger partial charge is 0.369 e. The zero-order chi connectivity index (χ0) is 16.9. The van der Waals surface area contributed by atoms with Crippen molar-refractivity contribution in [2.45, 2.75) is 39.2 Å². The number of unbranched alkanes of at least 4 members (excludes halogenated alkanes) is 1. The van der Waals surface area contributed by atoms with Crippen LogP contribution in [0.3, 0.4) is 0 Å². The van der Waals surface area contributed by atoms with Crippen molar-refractivity contribution in [3.05, 3.63) is 41.8 Å². The lowest BCUT2D eigenvalue weighted by atomic mass is 10.2. The molecule has 1 atom stereocenters. The van der Waals surface area contributed by atoms with E-state index in [1.165, 1.54) is 12.1 Å². The van der Waals surface area contributed by atoms with Crippen molar-refractivity contribution in [1.82, 2.24) is 15.0 Å². The number of hydrogen-bond donors (Lipinski definition) is 0. The van der Waals surface area contributed by atoms with Gasteiger partial charge in [0.1, 0.15) is 5.82 Å². The summed E-state index contributed by atoms with van der Waals surface area (Å²) in [6.45, 7) is 7.94. The Balaban J connectivity index is 1.55. The molecule has 0 spiro atoms. The summed E-state index contributed by atoms with van der Waals surface area (Å²) in [5.41, 5.74) is 1.07. The number of nitrogens with zero attached hydrogens (tertiary/aromatic N) is 4. The molecule has 24 heavy (non-hydrogen) atoms. The molecule has 1 aliphatic rings. The number of rotatable bonds is 6. The number of halogens is 1. The van der Waals surface area contributed by atoms with E-state index in [2.05, 4.69) is 33.8 Å². The smallest absolute Gasteiger partial charge is 0.243 e. The molecule has 0 radical (unpaired) electrons. The molecular formula is C18H25FN4O. The fourth-order valence-corrected chi connectivity index (χ4v) is 3.05. The molecule has 0 bridgehead atoms. The third-order valence-corrected chi connectivity index (χ3v) is 4.65. The fourth-order valence-electron chi connectivity index (χ4n) is 3.05. The zero-order valence-corrected chi connectivity index (χ0v) is 14.4. The van der Waals surface area contributed by atoms with Crippen LogP contribution in [0.15, 0.2) is 28.8 Å². The van der Waals surface area contributed by atoms with Crippen LogP contribution >= 0.6 is 0 Å². The highest BCUT2D eigenvalue weighted by Gasteiger charge is 2.25. The molecule has 1 aliphatic heterocycles. The molecule has 1 aromatic carbocycles. The molecular weight excluding hydrogens is 307 g/mol. The van der Waals surface area contributed by atoms with Crippen molar-refractivity contribution in [3.63, 3.8) is 0 Å². The monoisotopic (exact) mass is 332 g/mol. The van der Waals surface area contributed by atoms with Crippen molar-refractivity contribution in [2.75, 3.05) is 31.1 Å². The van der Waals surface area contributed by atoms with Gasteiger partial charge in [-0.1, -0.05) is 18.5 Å². The van der Waals surface area contributed by atoms with Crippen molar-refractivity contribution in [1.29, 1.82) is 0 Å². The third kappa shape index (κ3) is 3.93. The zero-order valence-electron chi connectivity index (χ0n) is 14.4. The normalized spacial score (nSPS) is 17.2. The van der Waals surface area contributed by atoms with Crippen LogP contribution in [0.4, 0.5) is 10.1 Å². The molecule has 6 heteroatoms. The molecule has 130 valence electrons. The van der Waals surface area contributed by atoms with Crippen LogP contribution in [-0.4, -0.2) is 41.2 Å². The lowest BCUT2D eigenvalue weighted by molar-refractivity contribution is 0.164. The Labute approximate surface area is 142 Å². The molecule has 1 aromatic heterocycles. The summed E-state index contributed by atoms with van der Waals surface area (Å²) in [5.74, 6) is 1.32. The van der Waals surface area contributed by atoms with E-state index in [9.17, 15) is 4.39 Å². The second-order valence-electron chi connectivity index (χ2n) is 6.33. The fraction of sp³-hybridized carbons (Fsp3) is 0.556. The Bertz CT molecular complexity index is 635. The van der Waals surface area contributed by atoms with Gasteiger partial charge in [0.25, 0.3) is 0 Å². The minimum Gasteiger partial charge on any atom is -0.369 e. The van der Waals surface area contributed by atoms with Gasteiger partial charge in [-0.15, -0.1) is 0 Å². The maximum Gasteiger partial charge on any atom is 0.243 e. The van der Waals surface area contributed by atoms with E-state index < -0.39 is 0 Å². The Morgan fingerprint density at radius 1 is 1.17 bits per heavy atom. The van der Waals surface area contributed by atoms with E-state index in [0.29, 0.717) is 5.89 Å². The lowest BCUT2D eigenvalue weighted by Crippen LogP contribution is -2.47. The Hall–Kier alpha value is -1.95. The van der Waals surface area contributed by atoms with Gasteiger partial charge in [0.15, 0.2) is 5.82 Å². The van der Waals surface area contributed by atoms with Crippen LogP contribution in [0.2, 0.25) is 0 Å². The number of benzene rings is 1. The van der Waals surface area contributed by atoms with Crippen LogP contribution in [0.25, 0.3) is 0 Å². The second kappa shape index (κ2) is 7.75. The van der Waals surface area contributed by atoms with Crippen LogP contribution in [0.1, 0.15) is 44.4 Å². The molecule has 0 saturated carbocycles. The lowest BCUT2D eigenvalue weighted by Gasteiger charge is -2.38. The molecule has 2 heterocycles. The first-order valence-corrected chi connectivity index (χ1v) is 8.74. The first-order chi connectivity index (χ1) is 11.7. The summed E-state index contributed by atoms with van der Waals surface area (Å²) in [6.07, 6.45) is 3.10. The van der Waals surface area contributed by atoms with Gasteiger partial charge in [-0.2, -0.15) is 4.98 Å². The number of aryl methyl sites for hydroxylation is 1. The predicted octanol–water partition coefficient (Wildman–Crippen LogP) is 3.43. The molecule has 0 aliphatic carbocycles. The first-order valence-electron chi connectivity index (χ1n) is 8.74. The van der Waals surface area contributed by atoms with Crippen molar-refractivity contribution in [3.8, 4) is 0 Å². The quantitative estimate of drug-likeness (QED) is 0.811. The number of piperazine rings is 1. The SMILES string of the molecule is CCCCc1noc(C(C)N2CCN(c3ccc(F)cc3)CC2)n1. The van der Waals surface area contributed by atoms with E-state index in [1.54, 1.807) is 0 Å². The molecule has 1 fully saturated rings. The van der Waals surface area contributed by atoms with Crippen LogP contribution in [0.5, 0.6) is 0 Å². The first kappa shape index (κ1) is 16.9. The number of hydrogen-bond acceptors (Lipinski definition) is 5. The standard InChI is InChI=1S/C18H25FN4O/c1-3-4-5-17-20-18(24-21-17)14(2)22-10-12-23(13-11-22)16-8-6-15(19)7-9-16/h6-9,14H,3-5,10-13H2,1-2H3. The van der Waals surface area contributed by atoms with E-state index in [-0.39, 0.29) is 11.9 Å². The van der Waals surface area contributed by atoms with Gasteiger partial charge in [0.2, 0.25) is 5.89 Å². The molecule has 0 amide bonds. The minimum atomic E-state index is -0.193. The topological polar surface area (TPSA) is 45.4 Å². The molecule has 5 nitrogen and oxygen atoms in total. The summed E-state index contributed by atoms with van der Waals surface area (Å²) in [7, 11) is 0. The minimum absolute atomic E-state index is 0.128. The molecule has 1 saturated heterocycles. The molecule has 2 aromatic rings. The average Bonchev–Trinajstić information content (AvgIpc) is 3.09. The maximum atomic E-state index is 13.0. The average molecular weight is 332 g/mol. The second-order valence-corrected chi connectivity index (χ2v) is 6.33. The molecule has 3 rings (SSSR count). The summed E-state index contributed by atoms with van der Waals surface area (Å²) >= 11 is 0. The highest BCUT2D eigenvalue weighted by atomic mass is 19.1. The van der Waals surface area contributed by atoms with Gasteiger partial charge >= 0.3 is 0 Å². The van der Waals surface area contributed by atoms with Gasteiger partial charge in [-0.05, 0) is 37.6 Å². The van der Waals surface area contributed by atoms with Crippen LogP contribution in [0, 0.1) is 5.82 Å². The summed E-state index contributed by atoms with van der Waals surface area (Å²) in [5, 5.41) is 4.08. The van der Waals surface area contributed by atoms with E-state index in [4.69, 9.17) is 4.52 Å². The van der Waals surface area contributed by atoms with Gasteiger partial charge in [-0.3, -0.25) is 4.90 Å². The van der Waals surface area contributed by atoms with E-state index in [1.807, 2.05) is 12.1 Å². The Morgan fingerprint density at radius 2 is 1.88 bits per heavy atom. The van der Waals surface area contributed by atoms with Gasteiger partial charge < -0.3 is 9.42 Å². The van der Waals surface area contributed by atoms with Crippen molar-refractivity contribution in [2.24, 2.45) is 0 Å². The Morgan fingerprint density at radius 3 is 2.54 bits per heavy atom. The van der Waals surface area contributed by atoms with Gasteiger partial charge in [0.05, 0.1) is 6.04 Å². The molecule has 1 unspecified atom stereocenters. The summed E-state index contributed by atoms with van der Waals surface area (Å²) in [4.78, 5) is 9.17. The van der Waals surface area contributed by atoms with Gasteiger partial charge in [0, 0.05) is 38.3 Å². The maximum absolute atomic E-state index is 13.0. The Kier molecular flexibility index (Phi) is 5.45. The summed E-state index contributed by atoms with van der Waals surface area (Å²) < 4.78 is 18.5. The number of aromatic nitrogens is 2. The predicted molar refractivity (Wildman–Crippen MR) is 91.5 cm³/mol. The van der Waals surface area contributed by atoms with E-state index in [0.717, 1.165) is 57.0 Å². The van der Waals surface area contributed by atoms with Crippen LogP contribution < -0.4 is 4.90 Å². The number of anilines is 1.